The molecule has 6 rings (SSSR count). The Labute approximate surface area is 176 Å². The van der Waals surface area contributed by atoms with E-state index in [1.807, 2.05) is 36.5 Å². The molecule has 2 N–H and O–H groups in total. The fourth-order valence-electron chi connectivity index (χ4n) is 3.95. The highest BCUT2D eigenvalue weighted by molar-refractivity contribution is 6.00. The smallest absolute Gasteiger partial charge is 0.123 e. The molecule has 0 atom stereocenters. The summed E-state index contributed by atoms with van der Waals surface area (Å²) in [4.78, 5) is 12.2. The lowest BCUT2D eigenvalue weighted by Crippen LogP contribution is -1.84. The van der Waals surface area contributed by atoms with Crippen LogP contribution in [0, 0.1) is 5.82 Å². The maximum atomic E-state index is 13.4. The summed E-state index contributed by atoms with van der Waals surface area (Å²) in [6, 6.07) is 20.5. The fraction of sp³-hybridized carbons (Fsp3) is 0. The van der Waals surface area contributed by atoms with E-state index in [2.05, 4.69) is 37.3 Å². The van der Waals surface area contributed by atoms with Gasteiger partial charge in [0.2, 0.25) is 0 Å². The topological polar surface area (TPSA) is 70.2 Å². The minimum absolute atomic E-state index is 0.266. The minimum Gasteiger partial charge on any atom is -0.353 e. The van der Waals surface area contributed by atoms with Gasteiger partial charge in [0.15, 0.2) is 0 Å². The van der Waals surface area contributed by atoms with Crippen LogP contribution in [-0.4, -0.2) is 25.1 Å². The number of halogens is 1. The van der Waals surface area contributed by atoms with Crippen LogP contribution in [0.3, 0.4) is 0 Å². The van der Waals surface area contributed by atoms with Crippen LogP contribution in [0.5, 0.6) is 0 Å². The van der Waals surface area contributed by atoms with E-state index in [-0.39, 0.29) is 5.82 Å². The van der Waals surface area contributed by atoms with Gasteiger partial charge in [0.1, 0.15) is 11.5 Å². The zero-order chi connectivity index (χ0) is 20.8. The Morgan fingerprint density at radius 2 is 1.55 bits per heavy atom. The summed E-state index contributed by atoms with van der Waals surface area (Å²) in [5.74, 6) is -0.266. The minimum atomic E-state index is -0.266. The number of nitrogens with zero attached hydrogens (tertiary/aromatic N) is 3. The summed E-state index contributed by atoms with van der Waals surface area (Å²) >= 11 is 0. The molecule has 0 fully saturated rings. The van der Waals surface area contributed by atoms with E-state index >= 15 is 0 Å². The highest BCUT2D eigenvalue weighted by Crippen LogP contribution is 2.34. The van der Waals surface area contributed by atoms with Crippen LogP contribution in [0.4, 0.5) is 4.39 Å². The first-order valence-corrected chi connectivity index (χ1v) is 9.89. The highest BCUT2D eigenvalue weighted by Gasteiger charge is 2.15. The maximum absolute atomic E-state index is 13.4. The van der Waals surface area contributed by atoms with Crippen LogP contribution in [-0.2, 0) is 0 Å². The zero-order valence-electron chi connectivity index (χ0n) is 16.3. The lowest BCUT2D eigenvalue weighted by molar-refractivity contribution is 0.628. The molecule has 4 aromatic heterocycles. The Balaban J connectivity index is 1.51. The van der Waals surface area contributed by atoms with Gasteiger partial charge in [-0.05, 0) is 60.2 Å². The van der Waals surface area contributed by atoms with Crippen LogP contribution in [0.2, 0.25) is 0 Å². The molecule has 2 aromatic carbocycles. The van der Waals surface area contributed by atoms with Crippen LogP contribution >= 0.6 is 0 Å². The summed E-state index contributed by atoms with van der Waals surface area (Å²) in [5.41, 5.74) is 7.42. The quantitative estimate of drug-likeness (QED) is 0.381. The molecular weight excluding hydrogens is 389 g/mol. The normalized spacial score (nSPS) is 11.4. The Kier molecular flexibility index (Phi) is 3.89. The van der Waals surface area contributed by atoms with Gasteiger partial charge in [0, 0.05) is 46.0 Å². The predicted molar refractivity (Wildman–Crippen MR) is 120 cm³/mol. The third-order valence-corrected chi connectivity index (χ3v) is 5.48. The van der Waals surface area contributed by atoms with Gasteiger partial charge >= 0.3 is 0 Å². The van der Waals surface area contributed by atoms with Gasteiger partial charge in [0.25, 0.3) is 0 Å². The molecule has 4 heterocycles. The van der Waals surface area contributed by atoms with Crippen LogP contribution < -0.4 is 0 Å². The van der Waals surface area contributed by atoms with Gasteiger partial charge in [0.05, 0.1) is 16.9 Å². The number of nitrogens with one attached hydrogen (secondary N) is 2. The number of pyridine rings is 2. The van der Waals surface area contributed by atoms with Gasteiger partial charge < -0.3 is 4.98 Å². The Morgan fingerprint density at radius 1 is 0.710 bits per heavy atom. The number of aromatic nitrogens is 5. The molecular formula is C25H16FN5. The largest absolute Gasteiger partial charge is 0.353 e. The first kappa shape index (κ1) is 17.5. The summed E-state index contributed by atoms with van der Waals surface area (Å²) < 4.78 is 13.4. The molecule has 0 aliphatic rings. The first-order valence-electron chi connectivity index (χ1n) is 9.89. The van der Waals surface area contributed by atoms with Gasteiger partial charge in [-0.3, -0.25) is 15.1 Å². The Morgan fingerprint density at radius 3 is 2.39 bits per heavy atom. The molecule has 0 spiro atoms. The van der Waals surface area contributed by atoms with Crippen molar-refractivity contribution in [2.75, 3.05) is 0 Å². The van der Waals surface area contributed by atoms with E-state index in [0.717, 1.165) is 55.6 Å². The van der Waals surface area contributed by atoms with Crippen molar-refractivity contribution >= 4 is 21.8 Å². The summed E-state index contributed by atoms with van der Waals surface area (Å²) in [5, 5.41) is 9.67. The number of hydrogen-bond donors (Lipinski definition) is 2. The van der Waals surface area contributed by atoms with Crippen LogP contribution in [0.1, 0.15) is 0 Å². The second-order valence-electron chi connectivity index (χ2n) is 7.38. The second kappa shape index (κ2) is 6.88. The van der Waals surface area contributed by atoms with E-state index in [0.29, 0.717) is 0 Å². The average Bonchev–Trinajstić information content (AvgIpc) is 3.43. The van der Waals surface area contributed by atoms with Crippen LogP contribution in [0.15, 0.2) is 85.3 Å². The maximum Gasteiger partial charge on any atom is 0.123 e. The average molecular weight is 405 g/mol. The SMILES string of the molecule is Fc1ccc(-c2nccc3[nH]c(-c4n[nH]c5ccc(-c6cccnc6)cc45)cc23)cc1. The first-order chi connectivity index (χ1) is 15.3. The molecule has 0 saturated carbocycles. The number of hydrogen-bond acceptors (Lipinski definition) is 3. The Hall–Kier alpha value is -4.32. The monoisotopic (exact) mass is 405 g/mol. The number of rotatable bonds is 3. The number of benzene rings is 2. The van der Waals surface area contributed by atoms with Crippen molar-refractivity contribution in [2.24, 2.45) is 0 Å². The summed E-state index contributed by atoms with van der Waals surface area (Å²) in [6.45, 7) is 0. The molecule has 0 unspecified atom stereocenters. The molecule has 6 heteroatoms. The van der Waals surface area contributed by atoms with Crippen molar-refractivity contribution in [1.29, 1.82) is 0 Å². The van der Waals surface area contributed by atoms with Crippen molar-refractivity contribution in [3.63, 3.8) is 0 Å². The van der Waals surface area contributed by atoms with Crippen molar-refractivity contribution in [1.82, 2.24) is 25.1 Å². The summed E-state index contributed by atoms with van der Waals surface area (Å²) in [6.07, 6.45) is 5.37. The number of aromatic amines is 2. The molecule has 148 valence electrons. The zero-order valence-corrected chi connectivity index (χ0v) is 16.3. The molecule has 0 radical (unpaired) electrons. The number of H-pyrrole nitrogens is 2. The second-order valence-corrected chi connectivity index (χ2v) is 7.38. The molecule has 0 bridgehead atoms. The van der Waals surface area contributed by atoms with Gasteiger partial charge in [-0.2, -0.15) is 5.10 Å². The molecule has 0 amide bonds. The summed E-state index contributed by atoms with van der Waals surface area (Å²) in [7, 11) is 0. The van der Waals surface area contributed by atoms with Crippen LogP contribution in [0.25, 0.3) is 55.6 Å². The molecule has 0 saturated heterocycles. The predicted octanol–water partition coefficient (Wildman–Crippen LogP) is 5.97. The standard InChI is InChI=1S/C25H16FN5/c26-18-6-3-15(4-7-18)24-20-13-23(29-21(20)9-11-28-24)25-19-12-16(5-8-22(19)30-31-25)17-2-1-10-27-14-17/h1-14,29H,(H,30,31). The third-order valence-electron chi connectivity index (χ3n) is 5.48. The molecule has 6 aromatic rings. The van der Waals surface area contributed by atoms with Crippen molar-refractivity contribution in [3.05, 3.63) is 91.1 Å². The van der Waals surface area contributed by atoms with E-state index in [1.165, 1.54) is 12.1 Å². The van der Waals surface area contributed by atoms with Crippen molar-refractivity contribution in [2.45, 2.75) is 0 Å². The fourth-order valence-corrected chi connectivity index (χ4v) is 3.95. The van der Waals surface area contributed by atoms with E-state index < -0.39 is 0 Å². The molecule has 5 nitrogen and oxygen atoms in total. The number of fused-ring (bicyclic) bond motifs is 2. The van der Waals surface area contributed by atoms with E-state index in [1.54, 1.807) is 24.5 Å². The van der Waals surface area contributed by atoms with Gasteiger partial charge in [-0.25, -0.2) is 4.39 Å². The third kappa shape index (κ3) is 2.97. The van der Waals surface area contributed by atoms with Crippen molar-refractivity contribution in [3.8, 4) is 33.8 Å². The molecule has 0 aliphatic heterocycles. The van der Waals surface area contributed by atoms with Crippen molar-refractivity contribution < 1.29 is 4.39 Å². The van der Waals surface area contributed by atoms with Gasteiger partial charge in [-0.15, -0.1) is 0 Å². The van der Waals surface area contributed by atoms with E-state index in [4.69, 9.17) is 0 Å². The molecule has 0 aliphatic carbocycles. The van der Waals surface area contributed by atoms with Gasteiger partial charge in [-0.1, -0.05) is 12.1 Å². The molecule has 31 heavy (non-hydrogen) atoms. The highest BCUT2D eigenvalue weighted by atomic mass is 19.1. The lowest BCUT2D eigenvalue weighted by atomic mass is 10.0. The van der Waals surface area contributed by atoms with E-state index in [9.17, 15) is 4.39 Å². The lowest BCUT2D eigenvalue weighted by Gasteiger charge is -2.02. The Bertz CT molecular complexity index is 1530.